The standard InChI is InChI=1S/C16H20N2O/c1-2-5-13(11-17)16(19)10-14-9-8-12-6-3-4-7-15(12)18-14/h3-4,6-9,13H,2,5,10-11,17H2,1H3. The van der Waals surface area contributed by atoms with Gasteiger partial charge in [-0.25, -0.2) is 0 Å². The van der Waals surface area contributed by atoms with E-state index in [2.05, 4.69) is 11.9 Å². The number of fused-ring (bicyclic) bond motifs is 1. The molecule has 1 heterocycles. The summed E-state index contributed by atoms with van der Waals surface area (Å²) in [4.78, 5) is 16.7. The second-order valence-corrected chi connectivity index (χ2v) is 4.86. The van der Waals surface area contributed by atoms with Gasteiger partial charge in [-0.2, -0.15) is 0 Å². The van der Waals surface area contributed by atoms with Gasteiger partial charge in [-0.15, -0.1) is 0 Å². The number of rotatable bonds is 6. The third kappa shape index (κ3) is 3.38. The van der Waals surface area contributed by atoms with Crippen molar-refractivity contribution in [1.82, 2.24) is 4.98 Å². The third-order valence-electron chi connectivity index (χ3n) is 3.39. The lowest BCUT2D eigenvalue weighted by atomic mass is 9.95. The fraction of sp³-hybridized carbons (Fsp3) is 0.375. The van der Waals surface area contributed by atoms with Gasteiger partial charge in [0, 0.05) is 30.0 Å². The molecule has 0 saturated carbocycles. The van der Waals surface area contributed by atoms with Crippen molar-refractivity contribution in [3.8, 4) is 0 Å². The summed E-state index contributed by atoms with van der Waals surface area (Å²) in [6.07, 6.45) is 2.23. The zero-order valence-electron chi connectivity index (χ0n) is 11.3. The maximum absolute atomic E-state index is 12.1. The van der Waals surface area contributed by atoms with Gasteiger partial charge in [-0.05, 0) is 18.6 Å². The molecule has 0 bridgehead atoms. The number of carbonyl (C=O) groups is 1. The fourth-order valence-electron chi connectivity index (χ4n) is 2.29. The van der Waals surface area contributed by atoms with Gasteiger partial charge in [0.05, 0.1) is 5.52 Å². The van der Waals surface area contributed by atoms with Gasteiger partial charge < -0.3 is 5.73 Å². The first-order valence-electron chi connectivity index (χ1n) is 6.82. The molecular weight excluding hydrogens is 236 g/mol. The molecule has 0 radical (unpaired) electrons. The number of nitrogens with zero attached hydrogens (tertiary/aromatic N) is 1. The number of nitrogens with two attached hydrogens (primary N) is 1. The molecule has 0 spiro atoms. The van der Waals surface area contributed by atoms with Crippen LogP contribution in [0.2, 0.25) is 0 Å². The molecule has 3 nitrogen and oxygen atoms in total. The monoisotopic (exact) mass is 256 g/mol. The molecule has 3 heteroatoms. The topological polar surface area (TPSA) is 56.0 Å². The molecule has 1 aromatic carbocycles. The predicted molar refractivity (Wildman–Crippen MR) is 77.9 cm³/mol. The van der Waals surface area contributed by atoms with Crippen molar-refractivity contribution in [3.63, 3.8) is 0 Å². The van der Waals surface area contributed by atoms with Crippen LogP contribution >= 0.6 is 0 Å². The molecule has 0 amide bonds. The highest BCUT2D eigenvalue weighted by Gasteiger charge is 2.16. The van der Waals surface area contributed by atoms with E-state index in [9.17, 15) is 4.79 Å². The van der Waals surface area contributed by atoms with Crippen LogP contribution in [-0.4, -0.2) is 17.3 Å². The Hall–Kier alpha value is -1.74. The van der Waals surface area contributed by atoms with Crippen LogP contribution in [0.25, 0.3) is 10.9 Å². The Balaban J connectivity index is 2.14. The molecule has 2 aromatic rings. The molecule has 2 rings (SSSR count). The molecule has 0 aliphatic heterocycles. The normalized spacial score (nSPS) is 12.5. The highest BCUT2D eigenvalue weighted by Crippen LogP contribution is 2.14. The number of hydrogen-bond acceptors (Lipinski definition) is 3. The van der Waals surface area contributed by atoms with Crippen molar-refractivity contribution < 1.29 is 4.79 Å². The maximum Gasteiger partial charge on any atom is 0.143 e. The minimum absolute atomic E-state index is 0.0294. The summed E-state index contributed by atoms with van der Waals surface area (Å²) in [6, 6.07) is 11.9. The van der Waals surface area contributed by atoms with Gasteiger partial charge in [0.2, 0.25) is 0 Å². The van der Waals surface area contributed by atoms with Gasteiger partial charge in [0.1, 0.15) is 5.78 Å². The highest BCUT2D eigenvalue weighted by atomic mass is 16.1. The quantitative estimate of drug-likeness (QED) is 0.864. The van der Waals surface area contributed by atoms with Gasteiger partial charge in [-0.1, -0.05) is 37.6 Å². The maximum atomic E-state index is 12.1. The highest BCUT2D eigenvalue weighted by molar-refractivity contribution is 5.84. The third-order valence-corrected chi connectivity index (χ3v) is 3.39. The number of hydrogen-bond donors (Lipinski definition) is 1. The first-order chi connectivity index (χ1) is 9.24. The van der Waals surface area contributed by atoms with Crippen LogP contribution in [-0.2, 0) is 11.2 Å². The van der Waals surface area contributed by atoms with Crippen LogP contribution in [0.1, 0.15) is 25.5 Å². The number of Topliss-reactive ketones (excluding diaryl/α,β-unsaturated/α-hetero) is 1. The summed E-state index contributed by atoms with van der Waals surface area (Å²) in [7, 11) is 0. The summed E-state index contributed by atoms with van der Waals surface area (Å²) in [5.41, 5.74) is 7.43. The molecule has 0 aliphatic rings. The minimum atomic E-state index is -0.0294. The van der Waals surface area contributed by atoms with Gasteiger partial charge >= 0.3 is 0 Å². The molecule has 19 heavy (non-hydrogen) atoms. The van der Waals surface area contributed by atoms with Gasteiger partial charge in [0.25, 0.3) is 0 Å². The largest absolute Gasteiger partial charge is 0.330 e. The first kappa shape index (κ1) is 13.7. The van der Waals surface area contributed by atoms with E-state index in [1.165, 1.54) is 0 Å². The summed E-state index contributed by atoms with van der Waals surface area (Å²) in [5, 5.41) is 1.10. The van der Waals surface area contributed by atoms with E-state index in [-0.39, 0.29) is 11.7 Å². The number of ketones is 1. The molecule has 0 fully saturated rings. The van der Waals surface area contributed by atoms with E-state index in [0.717, 1.165) is 29.4 Å². The average Bonchev–Trinajstić information content (AvgIpc) is 2.44. The predicted octanol–water partition coefficient (Wildman–Crippen LogP) is 2.72. The van der Waals surface area contributed by atoms with Crippen LogP contribution in [0.4, 0.5) is 0 Å². The number of benzene rings is 1. The summed E-state index contributed by atoms with van der Waals surface area (Å²) < 4.78 is 0. The van der Waals surface area contributed by atoms with Crippen molar-refractivity contribution in [2.45, 2.75) is 26.2 Å². The number of carbonyl (C=O) groups excluding carboxylic acids is 1. The average molecular weight is 256 g/mol. The van der Waals surface area contributed by atoms with Crippen molar-refractivity contribution >= 4 is 16.7 Å². The van der Waals surface area contributed by atoms with E-state index in [1.807, 2.05) is 36.4 Å². The lowest BCUT2D eigenvalue weighted by Gasteiger charge is -2.12. The number of para-hydroxylation sites is 1. The molecule has 1 aromatic heterocycles. The van der Waals surface area contributed by atoms with Crippen molar-refractivity contribution in [3.05, 3.63) is 42.1 Å². The molecule has 1 unspecified atom stereocenters. The zero-order chi connectivity index (χ0) is 13.7. The second kappa shape index (κ2) is 6.43. The van der Waals surface area contributed by atoms with Gasteiger partial charge in [-0.3, -0.25) is 9.78 Å². The van der Waals surface area contributed by atoms with Crippen LogP contribution in [0.15, 0.2) is 36.4 Å². The number of pyridine rings is 1. The lowest BCUT2D eigenvalue weighted by Crippen LogP contribution is -2.25. The summed E-state index contributed by atoms with van der Waals surface area (Å²) in [6.45, 7) is 2.50. The molecule has 0 aliphatic carbocycles. The van der Waals surface area contributed by atoms with E-state index in [1.54, 1.807) is 0 Å². The minimum Gasteiger partial charge on any atom is -0.330 e. The SMILES string of the molecule is CCCC(CN)C(=O)Cc1ccc2ccccc2n1. The van der Waals surface area contributed by atoms with Crippen LogP contribution in [0.5, 0.6) is 0 Å². The summed E-state index contributed by atoms with van der Waals surface area (Å²) >= 11 is 0. The van der Waals surface area contributed by atoms with E-state index < -0.39 is 0 Å². The first-order valence-corrected chi connectivity index (χ1v) is 6.82. The van der Waals surface area contributed by atoms with Crippen LogP contribution < -0.4 is 5.73 Å². The van der Waals surface area contributed by atoms with E-state index >= 15 is 0 Å². The van der Waals surface area contributed by atoms with Crippen molar-refractivity contribution in [2.75, 3.05) is 6.54 Å². The second-order valence-electron chi connectivity index (χ2n) is 4.86. The smallest absolute Gasteiger partial charge is 0.143 e. The Morgan fingerprint density at radius 1 is 1.26 bits per heavy atom. The van der Waals surface area contributed by atoms with Crippen LogP contribution in [0.3, 0.4) is 0 Å². The van der Waals surface area contributed by atoms with Crippen molar-refractivity contribution in [1.29, 1.82) is 0 Å². The Kier molecular flexibility index (Phi) is 4.63. The lowest BCUT2D eigenvalue weighted by molar-refractivity contribution is -0.122. The Morgan fingerprint density at radius 2 is 2.05 bits per heavy atom. The Labute approximate surface area is 113 Å². The van der Waals surface area contributed by atoms with Gasteiger partial charge in [0.15, 0.2) is 0 Å². The molecular formula is C16H20N2O. The van der Waals surface area contributed by atoms with Crippen LogP contribution in [0, 0.1) is 5.92 Å². The number of aromatic nitrogens is 1. The zero-order valence-corrected chi connectivity index (χ0v) is 11.3. The Morgan fingerprint density at radius 3 is 2.79 bits per heavy atom. The molecule has 100 valence electrons. The Bertz CT molecular complexity index is 565. The van der Waals surface area contributed by atoms with Crippen molar-refractivity contribution in [2.24, 2.45) is 11.7 Å². The molecule has 2 N–H and O–H groups in total. The van der Waals surface area contributed by atoms with E-state index in [0.29, 0.717) is 13.0 Å². The molecule has 1 atom stereocenters. The molecule has 0 saturated heterocycles. The fourth-order valence-corrected chi connectivity index (χ4v) is 2.29. The summed E-state index contributed by atoms with van der Waals surface area (Å²) in [5.74, 6) is 0.172. The van der Waals surface area contributed by atoms with E-state index in [4.69, 9.17) is 5.73 Å².